The fraction of sp³-hybridized carbons (Fsp3) is 0.545. The molecule has 250 valence electrons. The molecule has 1 unspecified atom stereocenters. The van der Waals surface area contributed by atoms with Gasteiger partial charge < -0.3 is 25.3 Å². The summed E-state index contributed by atoms with van der Waals surface area (Å²) in [6.07, 6.45) is -4.27. The van der Waals surface area contributed by atoms with E-state index in [2.05, 4.69) is 20.0 Å². The van der Waals surface area contributed by atoms with Gasteiger partial charge in [0.05, 0.1) is 23.9 Å². The van der Waals surface area contributed by atoms with E-state index in [1.54, 1.807) is 18.2 Å². The van der Waals surface area contributed by atoms with E-state index >= 15 is 0 Å². The predicted molar refractivity (Wildman–Crippen MR) is 172 cm³/mol. The molecule has 8 nitrogen and oxygen atoms in total. The minimum absolute atomic E-state index is 0.169. The Balaban J connectivity index is 1.13. The van der Waals surface area contributed by atoms with Crippen molar-refractivity contribution in [1.82, 2.24) is 24.9 Å². The van der Waals surface area contributed by atoms with Crippen LogP contribution in [0, 0.1) is 0 Å². The van der Waals surface area contributed by atoms with Crippen LogP contribution < -0.4 is 10.2 Å². The molecule has 0 spiro atoms. The minimum atomic E-state index is -4.48. The number of nitrogens with one attached hydrogen (secondary N) is 1. The van der Waals surface area contributed by atoms with Crippen molar-refractivity contribution in [2.45, 2.75) is 55.7 Å². The fourth-order valence-corrected chi connectivity index (χ4v) is 7.79. The number of phenols is 1. The summed E-state index contributed by atoms with van der Waals surface area (Å²) in [5.41, 5.74) is 3.57. The second-order valence-electron chi connectivity index (χ2n) is 12.4. The normalized spacial score (nSPS) is 19.4. The van der Waals surface area contributed by atoms with Gasteiger partial charge in [-0.15, -0.1) is 11.8 Å². The number of fused-ring (bicyclic) bond motifs is 1. The molecule has 2 saturated heterocycles. The maximum atomic E-state index is 14.0. The Hall–Kier alpha value is -2.84. The largest absolute Gasteiger partial charge is 0.508 e. The number of aromatic nitrogens is 2. The van der Waals surface area contributed by atoms with Crippen LogP contribution in [0.15, 0.2) is 47.4 Å². The van der Waals surface area contributed by atoms with Crippen molar-refractivity contribution >= 4 is 17.4 Å². The minimum Gasteiger partial charge on any atom is -0.508 e. The number of piperazine rings is 1. The molecule has 3 N–H and O–H groups in total. The average molecular weight is 663 g/mol. The molecule has 0 aliphatic carbocycles. The second-order valence-corrected chi connectivity index (χ2v) is 13.6. The van der Waals surface area contributed by atoms with Crippen molar-refractivity contribution in [3.8, 4) is 17.0 Å². The maximum absolute atomic E-state index is 14.0. The number of aliphatic hydroxyl groups is 1. The number of hydrogen-bond donors (Lipinski definition) is 3. The van der Waals surface area contributed by atoms with E-state index in [1.165, 1.54) is 17.8 Å². The van der Waals surface area contributed by atoms with Crippen molar-refractivity contribution < 1.29 is 27.8 Å². The Bertz CT molecular complexity index is 1470. The highest BCUT2D eigenvalue weighted by Crippen LogP contribution is 2.40. The molecule has 0 amide bonds. The van der Waals surface area contributed by atoms with Crippen molar-refractivity contribution in [1.29, 1.82) is 0 Å². The molecule has 2 aromatic carbocycles. The van der Waals surface area contributed by atoms with Crippen molar-refractivity contribution in [2.24, 2.45) is 0 Å². The number of halogens is 4. The molecule has 46 heavy (non-hydrogen) atoms. The first kappa shape index (κ1) is 33.1. The monoisotopic (exact) mass is 662 g/mol. The maximum Gasteiger partial charge on any atom is 0.417 e. The average Bonchev–Trinajstić information content (AvgIpc) is 3.40. The van der Waals surface area contributed by atoms with Crippen LogP contribution in [0.3, 0.4) is 0 Å². The molecule has 4 heterocycles. The molecule has 0 saturated carbocycles. The highest BCUT2D eigenvalue weighted by molar-refractivity contribution is 7.99. The van der Waals surface area contributed by atoms with Gasteiger partial charge in [-0.2, -0.15) is 18.3 Å². The highest BCUT2D eigenvalue weighted by atomic mass is 32.2. The van der Waals surface area contributed by atoms with Gasteiger partial charge in [0.1, 0.15) is 11.9 Å². The number of likely N-dealkylation sites (tertiary alicyclic amines) is 1. The van der Waals surface area contributed by atoms with Gasteiger partial charge in [-0.1, -0.05) is 12.1 Å². The number of phenolic OH excluding ortho intramolecular Hbond substituents is 1. The van der Waals surface area contributed by atoms with Crippen LogP contribution in [0.5, 0.6) is 5.75 Å². The van der Waals surface area contributed by atoms with E-state index in [0.29, 0.717) is 69.1 Å². The fourth-order valence-electron chi connectivity index (χ4n) is 6.67. The lowest BCUT2D eigenvalue weighted by Gasteiger charge is -2.37. The van der Waals surface area contributed by atoms with E-state index < -0.39 is 24.0 Å². The van der Waals surface area contributed by atoms with Crippen LogP contribution in [-0.2, 0) is 25.7 Å². The lowest BCUT2D eigenvalue weighted by Crippen LogP contribution is -2.49. The summed E-state index contributed by atoms with van der Waals surface area (Å²) in [4.78, 5) is 6.73. The molecule has 1 atom stereocenters. The van der Waals surface area contributed by atoms with Gasteiger partial charge in [0.2, 0.25) is 0 Å². The van der Waals surface area contributed by atoms with Crippen LogP contribution in [0.25, 0.3) is 11.3 Å². The Labute approximate surface area is 271 Å². The number of aliphatic hydroxyl groups excluding tert-OH is 1. The zero-order valence-electron chi connectivity index (χ0n) is 25.9. The number of hydrogen-bond acceptors (Lipinski definition) is 8. The summed E-state index contributed by atoms with van der Waals surface area (Å²) in [7, 11) is 0. The van der Waals surface area contributed by atoms with Gasteiger partial charge in [-0.05, 0) is 37.1 Å². The molecular weight excluding hydrogens is 620 g/mol. The molecule has 1 aromatic heterocycles. The van der Waals surface area contributed by atoms with Crippen molar-refractivity contribution in [3.63, 3.8) is 0 Å². The standard InChI is InChI=1S/C33H42F4N6O2S/c34-24-7-10-40(11-8-24)16-17-46-31-18-23(4-5-29(31)33(35,36)37)32-28-20-38-9-6-30(28)43(39-32)22-27(45)21-41-12-14-42(15-13-41)25-2-1-3-26(44)19-25/h1-5,18-19,24,27,38,44-45H,6-17,20-22H2. The van der Waals surface area contributed by atoms with E-state index in [1.807, 2.05) is 16.8 Å². The highest BCUT2D eigenvalue weighted by Gasteiger charge is 2.34. The molecule has 3 aliphatic rings. The van der Waals surface area contributed by atoms with Crippen LogP contribution in [0.4, 0.5) is 23.2 Å². The summed E-state index contributed by atoms with van der Waals surface area (Å²) in [6, 6.07) is 11.5. The molecule has 0 bridgehead atoms. The SMILES string of the molecule is Oc1cccc(N2CCN(CC(O)Cn3nc(-c4ccc(C(F)(F)F)c(SCCN5CCC(F)CC5)c4)c4c3CCNC4)CC2)c1. The Kier molecular flexibility index (Phi) is 10.4. The zero-order valence-corrected chi connectivity index (χ0v) is 26.7. The second kappa shape index (κ2) is 14.5. The number of thioether (sulfide) groups is 1. The van der Waals surface area contributed by atoms with Crippen LogP contribution >= 0.6 is 11.8 Å². The number of β-amino-alcohol motifs (C(OH)–C–C–N with tert-alkyl or cyclic N) is 1. The molecule has 2 fully saturated rings. The molecular formula is C33H42F4N6O2S. The van der Waals surface area contributed by atoms with Crippen LogP contribution in [0.1, 0.15) is 29.7 Å². The topological polar surface area (TPSA) is 80.0 Å². The van der Waals surface area contributed by atoms with E-state index in [4.69, 9.17) is 5.10 Å². The van der Waals surface area contributed by atoms with E-state index in [9.17, 15) is 27.8 Å². The molecule has 3 aliphatic heterocycles. The summed E-state index contributed by atoms with van der Waals surface area (Å²) in [5, 5.41) is 29.2. The van der Waals surface area contributed by atoms with Gasteiger partial charge in [0, 0.05) is 111 Å². The molecule has 6 rings (SSSR count). The van der Waals surface area contributed by atoms with Crippen LogP contribution in [-0.4, -0.2) is 107 Å². The van der Waals surface area contributed by atoms with Gasteiger partial charge in [-0.25, -0.2) is 4.39 Å². The Morgan fingerprint density at radius 1 is 0.978 bits per heavy atom. The quantitative estimate of drug-likeness (QED) is 0.215. The Morgan fingerprint density at radius 2 is 1.76 bits per heavy atom. The smallest absolute Gasteiger partial charge is 0.417 e. The molecule has 3 aromatic rings. The summed E-state index contributed by atoms with van der Waals surface area (Å²) in [5.74, 6) is 0.719. The number of benzene rings is 2. The number of nitrogens with zero attached hydrogens (tertiary/aromatic N) is 5. The van der Waals surface area contributed by atoms with Gasteiger partial charge >= 0.3 is 6.18 Å². The van der Waals surface area contributed by atoms with Gasteiger partial charge in [0.15, 0.2) is 0 Å². The third-order valence-corrected chi connectivity index (χ3v) is 10.2. The third kappa shape index (κ3) is 7.99. The first-order valence-corrected chi connectivity index (χ1v) is 17.1. The first-order valence-electron chi connectivity index (χ1n) is 16.1. The number of piperidine rings is 1. The van der Waals surface area contributed by atoms with Gasteiger partial charge in [0.25, 0.3) is 0 Å². The first-order chi connectivity index (χ1) is 22.1. The van der Waals surface area contributed by atoms with Gasteiger partial charge in [-0.3, -0.25) is 9.58 Å². The summed E-state index contributed by atoms with van der Waals surface area (Å²) < 4.78 is 57.4. The number of anilines is 1. The van der Waals surface area contributed by atoms with Crippen LogP contribution in [0.2, 0.25) is 0 Å². The molecule has 0 radical (unpaired) electrons. The van der Waals surface area contributed by atoms with Crippen molar-refractivity contribution in [3.05, 3.63) is 59.3 Å². The van der Waals surface area contributed by atoms with E-state index in [-0.39, 0.29) is 10.6 Å². The lowest BCUT2D eigenvalue weighted by molar-refractivity contribution is -0.139. The lowest BCUT2D eigenvalue weighted by atomic mass is 10.0. The Morgan fingerprint density at radius 3 is 2.50 bits per heavy atom. The third-order valence-electron chi connectivity index (χ3n) is 9.17. The summed E-state index contributed by atoms with van der Waals surface area (Å²) in [6.45, 7) is 7.10. The summed E-state index contributed by atoms with van der Waals surface area (Å²) >= 11 is 1.18. The molecule has 13 heteroatoms. The van der Waals surface area contributed by atoms with Crippen molar-refractivity contribution in [2.75, 3.05) is 69.6 Å². The number of rotatable bonds is 10. The zero-order chi connectivity index (χ0) is 32.3. The number of alkyl halides is 4. The van der Waals surface area contributed by atoms with E-state index in [0.717, 1.165) is 62.2 Å². The number of aromatic hydroxyl groups is 1. The predicted octanol–water partition coefficient (Wildman–Crippen LogP) is 4.63.